The van der Waals surface area contributed by atoms with E-state index in [2.05, 4.69) is 15.2 Å². The summed E-state index contributed by atoms with van der Waals surface area (Å²) >= 11 is 0. The Balaban J connectivity index is 1.55. The summed E-state index contributed by atoms with van der Waals surface area (Å²) in [5, 5.41) is 8.16. The monoisotopic (exact) mass is 517 g/mol. The maximum absolute atomic E-state index is 12.9. The van der Waals surface area contributed by atoms with E-state index in [-0.39, 0.29) is 29.3 Å². The van der Waals surface area contributed by atoms with Crippen LogP contribution in [0, 0.1) is 0 Å². The second-order valence-electron chi connectivity index (χ2n) is 7.87. The molecule has 1 atom stereocenters. The molecule has 37 heavy (non-hydrogen) atoms. The molecule has 3 aromatic rings. The number of rotatable bonds is 8. The minimum Gasteiger partial charge on any atom is -0.493 e. The molecule has 1 unspecified atom stereocenters. The zero-order valence-electron chi connectivity index (χ0n) is 19.7. The fourth-order valence-corrected chi connectivity index (χ4v) is 3.60. The van der Waals surface area contributed by atoms with Crippen LogP contribution in [0.5, 0.6) is 11.5 Å². The number of amides is 2. The van der Waals surface area contributed by atoms with Gasteiger partial charge in [-0.15, -0.1) is 13.2 Å². The number of benzene rings is 2. The van der Waals surface area contributed by atoms with Gasteiger partial charge in [0.25, 0.3) is 5.91 Å². The van der Waals surface area contributed by atoms with E-state index in [9.17, 15) is 22.8 Å². The number of hydrazone groups is 1. The van der Waals surface area contributed by atoms with Gasteiger partial charge in [0.1, 0.15) is 11.8 Å². The van der Waals surface area contributed by atoms with Gasteiger partial charge in [0.2, 0.25) is 0 Å². The number of ether oxygens (including phenoxy) is 3. The average Bonchev–Trinajstić information content (AvgIpc) is 3.40. The summed E-state index contributed by atoms with van der Waals surface area (Å²) in [6.45, 7) is 1.78. The quantitative estimate of drug-likeness (QED) is 0.419. The second kappa shape index (κ2) is 10.6. The molecule has 1 aliphatic rings. The van der Waals surface area contributed by atoms with E-state index < -0.39 is 30.2 Å². The van der Waals surface area contributed by atoms with Crippen LogP contribution in [-0.2, 0) is 11.3 Å². The standard InChI is InChI=1S/C25H22F3N3O6/c1-3-18-22(16-8-11-19(34-2)21(13-16)37-25(26,27)28)30-31(24(33)36-18)14-15-6-9-17(10-7-15)29-23(32)20-5-4-12-35-20/h4-13,18H,3,14H2,1-2H3,(H,29,32). The Hall–Kier alpha value is -4.48. The average molecular weight is 517 g/mol. The first-order valence-corrected chi connectivity index (χ1v) is 11.1. The fraction of sp³-hybridized carbons (Fsp3) is 0.240. The van der Waals surface area contributed by atoms with Crippen molar-refractivity contribution in [3.05, 3.63) is 77.7 Å². The number of carbonyl (C=O) groups excluding carboxylic acids is 2. The van der Waals surface area contributed by atoms with Gasteiger partial charge in [-0.1, -0.05) is 19.1 Å². The molecule has 4 rings (SSSR count). The minimum absolute atomic E-state index is 0.0211. The lowest BCUT2D eigenvalue weighted by molar-refractivity contribution is -0.275. The normalized spacial score (nSPS) is 15.6. The van der Waals surface area contributed by atoms with Crippen molar-refractivity contribution in [1.82, 2.24) is 5.01 Å². The number of cyclic esters (lactones) is 1. The molecule has 0 bridgehead atoms. The smallest absolute Gasteiger partial charge is 0.493 e. The molecule has 194 valence electrons. The number of anilines is 1. The number of methoxy groups -OCH3 is 1. The Morgan fingerprint density at radius 1 is 1.14 bits per heavy atom. The van der Waals surface area contributed by atoms with Crippen molar-refractivity contribution in [3.63, 3.8) is 0 Å². The molecule has 0 aliphatic carbocycles. The number of hydrogen-bond donors (Lipinski definition) is 1. The lowest BCUT2D eigenvalue weighted by atomic mass is 10.0. The van der Waals surface area contributed by atoms with Crippen LogP contribution in [0.4, 0.5) is 23.7 Å². The number of nitrogens with zero attached hydrogens (tertiary/aromatic N) is 2. The van der Waals surface area contributed by atoms with E-state index >= 15 is 0 Å². The van der Waals surface area contributed by atoms with Crippen molar-refractivity contribution in [2.24, 2.45) is 5.10 Å². The molecule has 0 spiro atoms. The van der Waals surface area contributed by atoms with Gasteiger partial charge in [-0.25, -0.2) is 4.79 Å². The van der Waals surface area contributed by atoms with Crippen LogP contribution in [0.15, 0.2) is 70.4 Å². The van der Waals surface area contributed by atoms with Crippen molar-refractivity contribution in [1.29, 1.82) is 0 Å². The maximum atomic E-state index is 12.9. The van der Waals surface area contributed by atoms with Gasteiger partial charge in [-0.2, -0.15) is 10.1 Å². The number of nitrogens with one attached hydrogen (secondary N) is 1. The highest BCUT2D eigenvalue weighted by molar-refractivity contribution is 6.06. The predicted octanol–water partition coefficient (Wildman–Crippen LogP) is 5.57. The maximum Gasteiger partial charge on any atom is 0.573 e. The number of halogens is 3. The summed E-state index contributed by atoms with van der Waals surface area (Å²) < 4.78 is 58.3. The highest BCUT2D eigenvalue weighted by Crippen LogP contribution is 2.34. The van der Waals surface area contributed by atoms with Gasteiger partial charge in [-0.05, 0) is 54.4 Å². The Morgan fingerprint density at radius 3 is 2.51 bits per heavy atom. The van der Waals surface area contributed by atoms with Crippen LogP contribution in [-0.4, -0.2) is 42.3 Å². The third-order valence-corrected chi connectivity index (χ3v) is 5.33. The Bertz CT molecular complexity index is 1290. The van der Waals surface area contributed by atoms with E-state index in [4.69, 9.17) is 13.9 Å². The predicted molar refractivity (Wildman–Crippen MR) is 125 cm³/mol. The summed E-state index contributed by atoms with van der Waals surface area (Å²) in [5.74, 6) is -0.903. The van der Waals surface area contributed by atoms with Crippen molar-refractivity contribution < 1.29 is 41.4 Å². The van der Waals surface area contributed by atoms with E-state index in [1.54, 1.807) is 37.3 Å². The summed E-state index contributed by atoms with van der Waals surface area (Å²) in [5.41, 5.74) is 1.72. The van der Waals surface area contributed by atoms with Crippen LogP contribution in [0.25, 0.3) is 0 Å². The molecule has 0 radical (unpaired) electrons. The van der Waals surface area contributed by atoms with Gasteiger partial charge in [0, 0.05) is 11.3 Å². The first-order valence-electron chi connectivity index (χ1n) is 11.1. The molecule has 0 saturated heterocycles. The summed E-state index contributed by atoms with van der Waals surface area (Å²) in [4.78, 5) is 24.7. The lowest BCUT2D eigenvalue weighted by Crippen LogP contribution is -2.41. The Morgan fingerprint density at radius 2 is 1.89 bits per heavy atom. The van der Waals surface area contributed by atoms with Crippen LogP contribution in [0.3, 0.4) is 0 Å². The third-order valence-electron chi connectivity index (χ3n) is 5.33. The van der Waals surface area contributed by atoms with Crippen LogP contribution in [0.1, 0.15) is 35.0 Å². The van der Waals surface area contributed by atoms with Gasteiger partial charge in [-0.3, -0.25) is 4.79 Å². The molecule has 0 fully saturated rings. The highest BCUT2D eigenvalue weighted by Gasteiger charge is 2.34. The van der Waals surface area contributed by atoms with Crippen molar-refractivity contribution in [2.75, 3.05) is 12.4 Å². The molecule has 2 amide bonds. The van der Waals surface area contributed by atoms with Gasteiger partial charge < -0.3 is 23.9 Å². The molecular formula is C25H22F3N3O6. The number of carbonyl (C=O) groups is 2. The molecule has 1 N–H and O–H groups in total. The minimum atomic E-state index is -4.92. The Kier molecular flexibility index (Phi) is 7.37. The Labute approximate surface area is 209 Å². The highest BCUT2D eigenvalue weighted by atomic mass is 19.4. The topological polar surface area (TPSA) is 103 Å². The van der Waals surface area contributed by atoms with E-state index in [1.165, 1.54) is 31.6 Å². The van der Waals surface area contributed by atoms with Crippen LogP contribution in [0.2, 0.25) is 0 Å². The number of hydrogen-bond acceptors (Lipinski definition) is 7. The molecule has 1 aromatic heterocycles. The first-order chi connectivity index (χ1) is 17.7. The molecule has 0 saturated carbocycles. The van der Waals surface area contributed by atoms with Gasteiger partial charge >= 0.3 is 12.5 Å². The van der Waals surface area contributed by atoms with E-state index in [0.717, 1.165) is 11.1 Å². The molecule has 9 nitrogen and oxygen atoms in total. The zero-order valence-corrected chi connectivity index (χ0v) is 19.7. The summed E-state index contributed by atoms with van der Waals surface area (Å²) in [6.07, 6.45) is -4.65. The first kappa shape index (κ1) is 25.6. The molecule has 2 aromatic carbocycles. The largest absolute Gasteiger partial charge is 0.573 e. The number of alkyl halides is 3. The SMILES string of the molecule is CCC1OC(=O)N(Cc2ccc(NC(=O)c3ccco3)cc2)N=C1c1ccc(OC)c(OC(F)(F)F)c1. The van der Waals surface area contributed by atoms with E-state index in [1.807, 2.05) is 0 Å². The zero-order chi connectivity index (χ0) is 26.6. The van der Waals surface area contributed by atoms with Crippen LogP contribution < -0.4 is 14.8 Å². The molecular weight excluding hydrogens is 495 g/mol. The summed E-state index contributed by atoms with van der Waals surface area (Å²) in [6, 6.07) is 13.8. The third kappa shape index (κ3) is 6.21. The second-order valence-corrected chi connectivity index (χ2v) is 7.87. The van der Waals surface area contributed by atoms with Crippen LogP contribution >= 0.6 is 0 Å². The van der Waals surface area contributed by atoms with E-state index in [0.29, 0.717) is 17.7 Å². The molecule has 12 heteroatoms. The molecule has 2 heterocycles. The van der Waals surface area contributed by atoms with Gasteiger partial charge in [0.15, 0.2) is 17.3 Å². The molecule has 1 aliphatic heterocycles. The number of furan rings is 1. The van der Waals surface area contributed by atoms with Crippen molar-refractivity contribution in [2.45, 2.75) is 32.4 Å². The summed E-state index contributed by atoms with van der Waals surface area (Å²) in [7, 11) is 1.22. The lowest BCUT2D eigenvalue weighted by Gasteiger charge is -2.29. The van der Waals surface area contributed by atoms with Gasteiger partial charge in [0.05, 0.1) is 19.9 Å². The van der Waals surface area contributed by atoms with Crippen molar-refractivity contribution >= 4 is 23.4 Å². The van der Waals surface area contributed by atoms with Crippen molar-refractivity contribution in [3.8, 4) is 11.5 Å². The fourth-order valence-electron chi connectivity index (χ4n) is 3.60.